The molecule has 0 aliphatic heterocycles. The van der Waals surface area contributed by atoms with Crippen molar-refractivity contribution in [2.24, 2.45) is 11.7 Å². The first-order valence-corrected chi connectivity index (χ1v) is 8.59. The Labute approximate surface area is 127 Å². The highest BCUT2D eigenvalue weighted by Gasteiger charge is 2.31. The zero-order chi connectivity index (χ0) is 16.4. The lowest BCUT2D eigenvalue weighted by molar-refractivity contribution is -0.137. The second kappa shape index (κ2) is 6.55. The van der Waals surface area contributed by atoms with Gasteiger partial charge in [0.25, 0.3) is 0 Å². The van der Waals surface area contributed by atoms with Gasteiger partial charge in [0, 0.05) is 12.6 Å². The van der Waals surface area contributed by atoms with Crippen LogP contribution in [0.1, 0.15) is 31.2 Å². The molecule has 1 aliphatic rings. The van der Waals surface area contributed by atoms with Gasteiger partial charge in [-0.1, -0.05) is 12.5 Å². The Morgan fingerprint density at radius 3 is 2.64 bits per heavy atom. The van der Waals surface area contributed by atoms with E-state index in [1.165, 1.54) is 0 Å². The van der Waals surface area contributed by atoms with Gasteiger partial charge in [0.05, 0.1) is 10.5 Å². The third-order valence-corrected chi connectivity index (χ3v) is 5.28. The second-order valence-corrected chi connectivity index (χ2v) is 7.44. The predicted molar refractivity (Wildman–Crippen MR) is 76.6 cm³/mol. The van der Waals surface area contributed by atoms with E-state index in [-0.39, 0.29) is 23.4 Å². The molecule has 3 N–H and O–H groups in total. The Balaban J connectivity index is 2.07. The monoisotopic (exact) mass is 336 g/mol. The molecule has 4 nitrogen and oxygen atoms in total. The van der Waals surface area contributed by atoms with Crippen molar-refractivity contribution in [3.05, 3.63) is 29.8 Å². The number of alkyl halides is 3. The normalized spacial score (nSPS) is 23.5. The van der Waals surface area contributed by atoms with Crippen molar-refractivity contribution in [1.29, 1.82) is 0 Å². The molecule has 1 aromatic rings. The minimum Gasteiger partial charge on any atom is -0.328 e. The lowest BCUT2D eigenvalue weighted by atomic mass is 9.86. The molecule has 0 saturated heterocycles. The summed E-state index contributed by atoms with van der Waals surface area (Å²) in [5, 5.41) is 0. The number of hydrogen-bond acceptors (Lipinski definition) is 3. The van der Waals surface area contributed by atoms with Crippen molar-refractivity contribution in [2.75, 3.05) is 6.54 Å². The summed E-state index contributed by atoms with van der Waals surface area (Å²) >= 11 is 0. The Bertz CT molecular complexity index is 617. The average Bonchev–Trinajstić information content (AvgIpc) is 2.45. The fourth-order valence-corrected chi connectivity index (χ4v) is 3.83. The van der Waals surface area contributed by atoms with Gasteiger partial charge in [-0.25, -0.2) is 13.1 Å². The van der Waals surface area contributed by atoms with Crippen molar-refractivity contribution in [3.8, 4) is 0 Å². The number of sulfonamides is 1. The zero-order valence-electron chi connectivity index (χ0n) is 11.9. The maximum atomic E-state index is 12.6. The van der Waals surface area contributed by atoms with E-state index in [1.54, 1.807) is 0 Å². The number of benzene rings is 1. The molecule has 0 bridgehead atoms. The summed E-state index contributed by atoms with van der Waals surface area (Å²) < 4.78 is 64.6. The van der Waals surface area contributed by atoms with Crippen molar-refractivity contribution < 1.29 is 21.6 Å². The molecule has 2 rings (SSSR count). The van der Waals surface area contributed by atoms with Gasteiger partial charge in [-0.15, -0.1) is 0 Å². The summed E-state index contributed by atoms with van der Waals surface area (Å²) in [6.07, 6.45) is -1.10. The van der Waals surface area contributed by atoms with E-state index in [0.29, 0.717) is 6.07 Å². The lowest BCUT2D eigenvalue weighted by Crippen LogP contribution is -2.35. The van der Waals surface area contributed by atoms with Crippen LogP contribution in [0.4, 0.5) is 13.2 Å². The number of hydrogen-bond donors (Lipinski definition) is 2. The van der Waals surface area contributed by atoms with Crippen LogP contribution < -0.4 is 10.5 Å². The summed E-state index contributed by atoms with van der Waals surface area (Å²) in [7, 11) is -3.95. The van der Waals surface area contributed by atoms with Crippen LogP contribution in [0.25, 0.3) is 0 Å². The van der Waals surface area contributed by atoms with E-state index in [1.807, 2.05) is 0 Å². The predicted octanol–water partition coefficient (Wildman–Crippen LogP) is 2.50. The Kier molecular flexibility index (Phi) is 5.14. The molecule has 124 valence electrons. The summed E-state index contributed by atoms with van der Waals surface area (Å²) in [6, 6.07) is 3.81. The molecule has 0 amide bonds. The molecule has 8 heteroatoms. The van der Waals surface area contributed by atoms with Gasteiger partial charge in [-0.2, -0.15) is 13.2 Å². The second-order valence-electron chi connectivity index (χ2n) is 5.67. The Hall–Kier alpha value is -1.12. The minimum absolute atomic E-state index is 0.0665. The van der Waals surface area contributed by atoms with Crippen molar-refractivity contribution in [1.82, 2.24) is 4.72 Å². The highest BCUT2D eigenvalue weighted by Crippen LogP contribution is 2.30. The van der Waals surface area contributed by atoms with Gasteiger partial charge >= 0.3 is 6.18 Å². The van der Waals surface area contributed by atoms with E-state index in [0.717, 1.165) is 43.9 Å². The largest absolute Gasteiger partial charge is 0.416 e. The minimum atomic E-state index is -4.57. The van der Waals surface area contributed by atoms with E-state index >= 15 is 0 Å². The number of halogens is 3. The van der Waals surface area contributed by atoms with Gasteiger partial charge in [-0.05, 0) is 43.4 Å². The molecule has 0 spiro atoms. The molecule has 0 radical (unpaired) electrons. The maximum Gasteiger partial charge on any atom is 0.416 e. The maximum absolute atomic E-state index is 12.6. The summed E-state index contributed by atoms with van der Waals surface area (Å²) in [5.41, 5.74) is 4.86. The van der Waals surface area contributed by atoms with Crippen LogP contribution in [0.5, 0.6) is 0 Å². The molecular formula is C14H19F3N2O2S. The van der Waals surface area contributed by atoms with Crippen LogP contribution in [-0.2, 0) is 16.2 Å². The first kappa shape index (κ1) is 17.2. The SMILES string of the molecule is NC1CCCC(CNS(=O)(=O)c2cccc(C(F)(F)F)c2)C1. The number of nitrogens with two attached hydrogens (primary N) is 1. The molecule has 22 heavy (non-hydrogen) atoms. The summed E-state index contributed by atoms with van der Waals surface area (Å²) in [5.74, 6) is 0.129. The quantitative estimate of drug-likeness (QED) is 0.887. The first-order valence-electron chi connectivity index (χ1n) is 7.11. The number of nitrogens with one attached hydrogen (secondary N) is 1. The molecule has 1 aromatic carbocycles. The van der Waals surface area contributed by atoms with Crippen molar-refractivity contribution in [3.63, 3.8) is 0 Å². The lowest BCUT2D eigenvalue weighted by Gasteiger charge is -2.26. The zero-order valence-corrected chi connectivity index (χ0v) is 12.8. The van der Waals surface area contributed by atoms with E-state index in [9.17, 15) is 21.6 Å². The van der Waals surface area contributed by atoms with Crippen LogP contribution in [0, 0.1) is 5.92 Å². The van der Waals surface area contributed by atoms with Gasteiger partial charge in [0.1, 0.15) is 0 Å². The Morgan fingerprint density at radius 1 is 1.27 bits per heavy atom. The summed E-state index contributed by atoms with van der Waals surface area (Å²) in [6.45, 7) is 0.201. The molecule has 2 unspecified atom stereocenters. The molecule has 2 atom stereocenters. The molecule has 1 aliphatic carbocycles. The standard InChI is InChI=1S/C14H19F3N2O2S/c15-14(16,17)11-4-2-6-13(8-11)22(20,21)19-9-10-3-1-5-12(18)7-10/h2,4,6,8,10,12,19H,1,3,5,7,9,18H2. The van der Waals surface area contributed by atoms with Crippen LogP contribution >= 0.6 is 0 Å². The molecule has 0 aromatic heterocycles. The highest BCUT2D eigenvalue weighted by molar-refractivity contribution is 7.89. The van der Waals surface area contributed by atoms with Crippen LogP contribution in [0.15, 0.2) is 29.2 Å². The molecule has 0 heterocycles. The van der Waals surface area contributed by atoms with Crippen molar-refractivity contribution in [2.45, 2.75) is 42.8 Å². The molecule has 1 saturated carbocycles. The Morgan fingerprint density at radius 2 is 2.00 bits per heavy atom. The van der Waals surface area contributed by atoms with E-state index in [2.05, 4.69) is 4.72 Å². The van der Waals surface area contributed by atoms with Gasteiger partial charge in [0.15, 0.2) is 0 Å². The van der Waals surface area contributed by atoms with Crippen molar-refractivity contribution >= 4 is 10.0 Å². The van der Waals surface area contributed by atoms with E-state index in [4.69, 9.17) is 5.73 Å². The fraction of sp³-hybridized carbons (Fsp3) is 0.571. The highest BCUT2D eigenvalue weighted by atomic mass is 32.2. The van der Waals surface area contributed by atoms with Crippen LogP contribution in [0.2, 0.25) is 0 Å². The third kappa shape index (κ3) is 4.44. The molecular weight excluding hydrogens is 317 g/mol. The topological polar surface area (TPSA) is 72.2 Å². The van der Waals surface area contributed by atoms with Gasteiger partial charge in [0.2, 0.25) is 10.0 Å². The fourth-order valence-electron chi connectivity index (χ4n) is 2.67. The van der Waals surface area contributed by atoms with Crippen LogP contribution in [-0.4, -0.2) is 21.0 Å². The smallest absolute Gasteiger partial charge is 0.328 e. The summed E-state index contributed by atoms with van der Waals surface area (Å²) in [4.78, 5) is -0.373. The molecule has 1 fully saturated rings. The van der Waals surface area contributed by atoms with Gasteiger partial charge in [-0.3, -0.25) is 0 Å². The third-order valence-electron chi connectivity index (χ3n) is 3.86. The average molecular weight is 336 g/mol. The van der Waals surface area contributed by atoms with Gasteiger partial charge < -0.3 is 5.73 Å². The first-order chi connectivity index (χ1) is 10.2. The van der Waals surface area contributed by atoms with Crippen LogP contribution in [0.3, 0.4) is 0 Å². The number of rotatable bonds is 4. The van der Waals surface area contributed by atoms with E-state index < -0.39 is 21.8 Å².